The molecule has 4 rings (SSSR count). The lowest BCUT2D eigenvalue weighted by Gasteiger charge is -2.41. The third-order valence-electron chi connectivity index (χ3n) is 6.75. The van der Waals surface area contributed by atoms with Crippen LogP contribution >= 0.6 is 0 Å². The van der Waals surface area contributed by atoms with Crippen LogP contribution in [0.4, 0.5) is 10.5 Å². The molecule has 5 nitrogen and oxygen atoms in total. The number of hydrogen-bond donors (Lipinski definition) is 1. The number of nitrogens with one attached hydrogen (secondary N) is 1. The summed E-state index contributed by atoms with van der Waals surface area (Å²) in [7, 11) is 0. The van der Waals surface area contributed by atoms with E-state index in [0.29, 0.717) is 6.04 Å². The van der Waals surface area contributed by atoms with Crippen molar-refractivity contribution < 1.29 is 4.79 Å². The molecule has 0 bridgehead atoms. The summed E-state index contributed by atoms with van der Waals surface area (Å²) in [6.07, 6.45) is 3.75. The Kier molecular flexibility index (Phi) is 7.60. The number of piperidine rings is 1. The first-order valence-corrected chi connectivity index (χ1v) is 11.8. The third kappa shape index (κ3) is 6.31. The van der Waals surface area contributed by atoms with E-state index in [1.165, 1.54) is 31.5 Å². The van der Waals surface area contributed by atoms with Crippen molar-refractivity contribution >= 4 is 11.7 Å². The van der Waals surface area contributed by atoms with E-state index in [9.17, 15) is 4.79 Å². The van der Waals surface area contributed by atoms with Crippen molar-refractivity contribution in [3.05, 3.63) is 66.2 Å². The smallest absolute Gasteiger partial charge is 0.321 e. The number of rotatable bonds is 6. The maximum Gasteiger partial charge on any atom is 0.321 e. The highest BCUT2D eigenvalue weighted by Crippen LogP contribution is 2.22. The first-order chi connectivity index (χ1) is 15.2. The summed E-state index contributed by atoms with van der Waals surface area (Å²) in [5.74, 6) is 0.733. The van der Waals surface area contributed by atoms with Crippen LogP contribution in [0.3, 0.4) is 0 Å². The summed E-state index contributed by atoms with van der Waals surface area (Å²) in [5.41, 5.74) is 2.30. The number of carbonyl (C=O) groups excluding carboxylic acids is 1. The number of hydrogen-bond acceptors (Lipinski definition) is 3. The summed E-state index contributed by atoms with van der Waals surface area (Å²) in [6.45, 7) is 9.50. The van der Waals surface area contributed by atoms with Gasteiger partial charge in [0.15, 0.2) is 0 Å². The van der Waals surface area contributed by atoms with Gasteiger partial charge in [0.2, 0.25) is 0 Å². The highest BCUT2D eigenvalue weighted by Gasteiger charge is 2.27. The first-order valence-electron chi connectivity index (χ1n) is 11.8. The summed E-state index contributed by atoms with van der Waals surface area (Å²) in [5, 5.41) is 3.01. The summed E-state index contributed by atoms with van der Waals surface area (Å²) < 4.78 is 0. The molecule has 2 aliphatic rings. The fraction of sp³-hybridized carbons (Fsp3) is 0.500. The van der Waals surface area contributed by atoms with Gasteiger partial charge in [-0.2, -0.15) is 0 Å². The largest absolute Gasteiger partial charge is 0.322 e. The standard InChI is InChI=1S/C26H36N4O/c1-22(19-23-9-4-2-5-10-23)30-14-8-11-24(21-30)20-28-15-17-29(18-16-28)26(31)27-25-12-6-3-7-13-25/h2-7,9-10,12-13,22,24H,8,11,14-21H2,1H3,(H,27,31)/t22?,24-/m1/s1. The topological polar surface area (TPSA) is 38.8 Å². The van der Waals surface area contributed by atoms with E-state index in [1.54, 1.807) is 0 Å². The minimum Gasteiger partial charge on any atom is -0.322 e. The first kappa shape index (κ1) is 21.8. The Morgan fingerprint density at radius 3 is 2.35 bits per heavy atom. The second-order valence-corrected chi connectivity index (χ2v) is 9.13. The fourth-order valence-corrected chi connectivity index (χ4v) is 4.95. The molecule has 1 N–H and O–H groups in total. The number of urea groups is 1. The molecule has 2 aromatic carbocycles. The Bertz CT molecular complexity index is 805. The van der Waals surface area contributed by atoms with Crippen molar-refractivity contribution in [1.29, 1.82) is 0 Å². The molecule has 166 valence electrons. The minimum absolute atomic E-state index is 0.0180. The van der Waals surface area contributed by atoms with E-state index in [2.05, 4.69) is 52.4 Å². The Balaban J connectivity index is 1.20. The zero-order valence-corrected chi connectivity index (χ0v) is 18.7. The van der Waals surface area contributed by atoms with Crippen LogP contribution < -0.4 is 5.32 Å². The molecule has 31 heavy (non-hydrogen) atoms. The molecule has 2 saturated heterocycles. The maximum atomic E-state index is 12.5. The van der Waals surface area contributed by atoms with E-state index >= 15 is 0 Å². The predicted molar refractivity (Wildman–Crippen MR) is 127 cm³/mol. The van der Waals surface area contributed by atoms with E-state index in [1.807, 2.05) is 35.2 Å². The highest BCUT2D eigenvalue weighted by atomic mass is 16.2. The van der Waals surface area contributed by atoms with E-state index in [0.717, 1.165) is 50.7 Å². The van der Waals surface area contributed by atoms with Gasteiger partial charge < -0.3 is 15.1 Å². The molecule has 1 unspecified atom stereocenters. The fourth-order valence-electron chi connectivity index (χ4n) is 4.95. The van der Waals surface area contributed by atoms with Gasteiger partial charge in [-0.05, 0) is 56.3 Å². The van der Waals surface area contributed by atoms with Gasteiger partial charge in [0, 0.05) is 51.0 Å². The van der Waals surface area contributed by atoms with Crippen molar-refractivity contribution in [2.75, 3.05) is 51.1 Å². The average Bonchev–Trinajstić information content (AvgIpc) is 2.81. The van der Waals surface area contributed by atoms with Crippen LogP contribution in [0, 0.1) is 5.92 Å². The number of carbonyl (C=O) groups is 1. The van der Waals surface area contributed by atoms with Crippen LogP contribution in [-0.2, 0) is 6.42 Å². The third-order valence-corrected chi connectivity index (χ3v) is 6.75. The van der Waals surface area contributed by atoms with Crippen molar-refractivity contribution in [3.8, 4) is 0 Å². The number of amides is 2. The molecule has 2 aromatic rings. The van der Waals surface area contributed by atoms with E-state index in [4.69, 9.17) is 0 Å². The number of piperazine rings is 1. The van der Waals surface area contributed by atoms with Gasteiger partial charge in [0.1, 0.15) is 0 Å². The zero-order valence-electron chi connectivity index (χ0n) is 18.7. The minimum atomic E-state index is 0.0180. The van der Waals surface area contributed by atoms with Crippen LogP contribution in [0.1, 0.15) is 25.3 Å². The Morgan fingerprint density at radius 2 is 1.65 bits per heavy atom. The Morgan fingerprint density at radius 1 is 0.968 bits per heavy atom. The molecule has 2 amide bonds. The van der Waals surface area contributed by atoms with Gasteiger partial charge in [-0.25, -0.2) is 4.79 Å². The number of anilines is 1. The molecule has 2 atom stereocenters. The number of likely N-dealkylation sites (tertiary alicyclic amines) is 1. The lowest BCUT2D eigenvalue weighted by molar-refractivity contribution is 0.0849. The van der Waals surface area contributed by atoms with Crippen molar-refractivity contribution in [3.63, 3.8) is 0 Å². The lowest BCUT2D eigenvalue weighted by Crippen LogP contribution is -2.52. The molecule has 0 saturated carbocycles. The number of para-hydroxylation sites is 1. The van der Waals surface area contributed by atoms with Crippen molar-refractivity contribution in [2.45, 2.75) is 32.2 Å². The normalized spacial score (nSPS) is 21.6. The second-order valence-electron chi connectivity index (χ2n) is 9.13. The van der Waals surface area contributed by atoms with Crippen LogP contribution in [-0.4, -0.2) is 72.6 Å². The van der Waals surface area contributed by atoms with E-state index < -0.39 is 0 Å². The van der Waals surface area contributed by atoms with Gasteiger partial charge in [-0.3, -0.25) is 4.90 Å². The average molecular weight is 421 g/mol. The van der Waals surface area contributed by atoms with Crippen LogP contribution in [0.2, 0.25) is 0 Å². The second kappa shape index (κ2) is 10.8. The SMILES string of the molecule is CC(Cc1ccccc1)N1CCC[C@H](CN2CCN(C(=O)Nc3ccccc3)CC2)C1. The quantitative estimate of drug-likeness (QED) is 0.762. The molecule has 0 aromatic heterocycles. The predicted octanol–water partition coefficient (Wildman–Crippen LogP) is 4.18. The van der Waals surface area contributed by atoms with Crippen LogP contribution in [0.15, 0.2) is 60.7 Å². The van der Waals surface area contributed by atoms with Crippen LogP contribution in [0.25, 0.3) is 0 Å². The van der Waals surface area contributed by atoms with E-state index in [-0.39, 0.29) is 6.03 Å². The molecule has 0 aliphatic carbocycles. The van der Waals surface area contributed by atoms with Crippen molar-refractivity contribution in [2.24, 2.45) is 5.92 Å². The Labute approximate surface area is 187 Å². The molecule has 2 heterocycles. The molecule has 2 aliphatic heterocycles. The number of nitrogens with zero attached hydrogens (tertiary/aromatic N) is 3. The summed E-state index contributed by atoms with van der Waals surface area (Å²) >= 11 is 0. The van der Waals surface area contributed by atoms with Gasteiger partial charge in [-0.15, -0.1) is 0 Å². The zero-order chi connectivity index (χ0) is 21.5. The summed E-state index contributed by atoms with van der Waals surface area (Å²) in [4.78, 5) is 19.7. The molecule has 0 radical (unpaired) electrons. The van der Waals surface area contributed by atoms with Crippen LogP contribution in [0.5, 0.6) is 0 Å². The van der Waals surface area contributed by atoms with Gasteiger partial charge in [0.25, 0.3) is 0 Å². The summed E-state index contributed by atoms with van der Waals surface area (Å²) in [6, 6.07) is 21.2. The molecule has 0 spiro atoms. The molecule has 2 fully saturated rings. The Hall–Kier alpha value is -2.37. The molecule has 5 heteroatoms. The van der Waals surface area contributed by atoms with Gasteiger partial charge in [0.05, 0.1) is 0 Å². The van der Waals surface area contributed by atoms with Gasteiger partial charge in [-0.1, -0.05) is 48.5 Å². The van der Waals surface area contributed by atoms with Gasteiger partial charge >= 0.3 is 6.03 Å². The highest BCUT2D eigenvalue weighted by molar-refractivity contribution is 5.89. The molecular weight excluding hydrogens is 384 g/mol. The molecular formula is C26H36N4O. The number of benzene rings is 2. The maximum absolute atomic E-state index is 12.5. The monoisotopic (exact) mass is 420 g/mol. The van der Waals surface area contributed by atoms with Crippen molar-refractivity contribution in [1.82, 2.24) is 14.7 Å². The lowest BCUT2D eigenvalue weighted by atomic mass is 9.94.